The zero-order valence-electron chi connectivity index (χ0n) is 12.5. The van der Waals surface area contributed by atoms with Crippen LogP contribution in [0.2, 0.25) is 0 Å². The van der Waals surface area contributed by atoms with Gasteiger partial charge < -0.3 is 9.64 Å². The summed E-state index contributed by atoms with van der Waals surface area (Å²) in [6, 6.07) is 3.75. The van der Waals surface area contributed by atoms with E-state index in [-0.39, 0.29) is 6.09 Å². The highest BCUT2D eigenvalue weighted by molar-refractivity contribution is 5.78. The first-order valence-electron chi connectivity index (χ1n) is 6.86. The lowest BCUT2D eigenvalue weighted by Crippen LogP contribution is -2.40. The third-order valence-corrected chi connectivity index (χ3v) is 3.51. The molecule has 0 unspecified atom stereocenters. The molecule has 108 valence electrons. The Morgan fingerprint density at radius 2 is 2.05 bits per heavy atom. The number of ether oxygens (including phenoxy) is 1. The second-order valence-corrected chi connectivity index (χ2v) is 6.19. The first-order chi connectivity index (χ1) is 9.31. The average molecular weight is 275 g/mol. The zero-order valence-corrected chi connectivity index (χ0v) is 12.5. The number of benzene rings is 1. The van der Waals surface area contributed by atoms with Crippen molar-refractivity contribution in [1.29, 1.82) is 0 Å². The molecule has 0 spiro atoms. The highest BCUT2D eigenvalue weighted by Crippen LogP contribution is 2.25. The number of carbonyl (C=O) groups is 2. The van der Waals surface area contributed by atoms with Gasteiger partial charge in [0.1, 0.15) is 11.9 Å². The lowest BCUT2D eigenvalue weighted by molar-refractivity contribution is 0.0223. The predicted octanol–water partition coefficient (Wildman–Crippen LogP) is 3.10. The van der Waals surface area contributed by atoms with Crippen LogP contribution >= 0.6 is 0 Å². The third kappa shape index (κ3) is 3.00. The van der Waals surface area contributed by atoms with Crippen LogP contribution in [0.3, 0.4) is 0 Å². The summed E-state index contributed by atoms with van der Waals surface area (Å²) in [7, 11) is 0. The van der Waals surface area contributed by atoms with Crippen LogP contribution in [0.5, 0.6) is 0 Å². The topological polar surface area (TPSA) is 46.6 Å². The van der Waals surface area contributed by atoms with Gasteiger partial charge >= 0.3 is 6.09 Å². The SMILES string of the molecule is Cc1c(C=O)ccc2c1CCN(C(=O)OC(C)(C)C)C2. The molecule has 0 bridgehead atoms. The van der Waals surface area contributed by atoms with Crippen molar-refractivity contribution < 1.29 is 14.3 Å². The van der Waals surface area contributed by atoms with Crippen LogP contribution in [-0.4, -0.2) is 29.4 Å². The Bertz CT molecular complexity index is 543. The molecule has 0 saturated carbocycles. The molecule has 1 aliphatic rings. The molecule has 1 aromatic carbocycles. The fourth-order valence-electron chi connectivity index (χ4n) is 2.47. The molecule has 4 nitrogen and oxygen atoms in total. The van der Waals surface area contributed by atoms with Gasteiger partial charge in [-0.05, 0) is 50.8 Å². The molecule has 20 heavy (non-hydrogen) atoms. The molecule has 1 aliphatic heterocycles. The number of hydrogen-bond donors (Lipinski definition) is 0. The highest BCUT2D eigenvalue weighted by Gasteiger charge is 2.26. The van der Waals surface area contributed by atoms with Crippen LogP contribution in [0.25, 0.3) is 0 Å². The summed E-state index contributed by atoms with van der Waals surface area (Å²) in [5.41, 5.74) is 3.57. The first kappa shape index (κ1) is 14.6. The molecule has 1 aromatic rings. The molecule has 0 atom stereocenters. The molecule has 2 rings (SSSR count). The predicted molar refractivity (Wildman–Crippen MR) is 76.9 cm³/mol. The maximum absolute atomic E-state index is 12.1. The number of nitrogens with zero attached hydrogens (tertiary/aromatic N) is 1. The molecule has 0 radical (unpaired) electrons. The van der Waals surface area contributed by atoms with Crippen molar-refractivity contribution in [3.05, 3.63) is 34.4 Å². The number of carbonyl (C=O) groups excluding carboxylic acids is 2. The van der Waals surface area contributed by atoms with Crippen LogP contribution < -0.4 is 0 Å². The molecule has 4 heteroatoms. The minimum absolute atomic E-state index is 0.278. The Labute approximate surface area is 119 Å². The minimum atomic E-state index is -0.478. The van der Waals surface area contributed by atoms with Crippen molar-refractivity contribution in [2.75, 3.05) is 6.54 Å². The van der Waals surface area contributed by atoms with Gasteiger partial charge in [0.2, 0.25) is 0 Å². The quantitative estimate of drug-likeness (QED) is 0.740. The maximum atomic E-state index is 12.1. The molecular formula is C16H21NO3. The fraction of sp³-hybridized carbons (Fsp3) is 0.500. The Morgan fingerprint density at radius 1 is 1.35 bits per heavy atom. The second-order valence-electron chi connectivity index (χ2n) is 6.19. The van der Waals surface area contributed by atoms with Gasteiger partial charge in [-0.3, -0.25) is 4.79 Å². The van der Waals surface area contributed by atoms with Crippen LogP contribution in [0, 0.1) is 6.92 Å². The summed E-state index contributed by atoms with van der Waals surface area (Å²) in [4.78, 5) is 24.8. The number of amides is 1. The third-order valence-electron chi connectivity index (χ3n) is 3.51. The van der Waals surface area contributed by atoms with Crippen LogP contribution in [-0.2, 0) is 17.7 Å². The maximum Gasteiger partial charge on any atom is 0.410 e. The van der Waals surface area contributed by atoms with Crippen molar-refractivity contribution in [2.45, 2.75) is 46.3 Å². The van der Waals surface area contributed by atoms with Crippen molar-refractivity contribution >= 4 is 12.4 Å². The van der Waals surface area contributed by atoms with Gasteiger partial charge in [-0.15, -0.1) is 0 Å². The van der Waals surface area contributed by atoms with Gasteiger partial charge in [-0.2, -0.15) is 0 Å². The second kappa shape index (κ2) is 5.27. The minimum Gasteiger partial charge on any atom is -0.444 e. The van der Waals surface area contributed by atoms with Gasteiger partial charge in [-0.25, -0.2) is 4.79 Å². The van der Waals surface area contributed by atoms with Crippen LogP contribution in [0.1, 0.15) is 47.8 Å². The van der Waals surface area contributed by atoms with E-state index in [4.69, 9.17) is 4.74 Å². The summed E-state index contributed by atoms with van der Waals surface area (Å²) < 4.78 is 5.40. The van der Waals surface area contributed by atoms with Gasteiger partial charge in [-0.1, -0.05) is 12.1 Å². The van der Waals surface area contributed by atoms with Crippen molar-refractivity contribution in [1.82, 2.24) is 4.90 Å². The summed E-state index contributed by atoms with van der Waals surface area (Å²) >= 11 is 0. The van der Waals surface area contributed by atoms with E-state index >= 15 is 0 Å². The number of aldehydes is 1. The van der Waals surface area contributed by atoms with Crippen molar-refractivity contribution in [3.63, 3.8) is 0 Å². The van der Waals surface area contributed by atoms with Gasteiger partial charge in [0, 0.05) is 18.7 Å². The molecule has 1 heterocycles. The lowest BCUT2D eigenvalue weighted by Gasteiger charge is -2.32. The summed E-state index contributed by atoms with van der Waals surface area (Å²) in [6.07, 6.45) is 1.37. The normalized spacial score (nSPS) is 14.7. The molecule has 0 saturated heterocycles. The van der Waals surface area contributed by atoms with Gasteiger partial charge in [0.25, 0.3) is 0 Å². The van der Waals surface area contributed by atoms with E-state index in [1.165, 1.54) is 5.56 Å². The van der Waals surface area contributed by atoms with E-state index in [0.29, 0.717) is 13.1 Å². The Balaban J connectivity index is 2.18. The molecule has 0 aromatic heterocycles. The molecule has 1 amide bonds. The van der Waals surface area contributed by atoms with E-state index in [9.17, 15) is 9.59 Å². The molecule has 0 fully saturated rings. The lowest BCUT2D eigenvalue weighted by atomic mass is 9.92. The Kier molecular flexibility index (Phi) is 3.84. The van der Waals surface area contributed by atoms with E-state index < -0.39 is 5.60 Å². The molecule has 0 N–H and O–H groups in total. The van der Waals surface area contributed by atoms with E-state index in [2.05, 4.69) is 0 Å². The highest BCUT2D eigenvalue weighted by atomic mass is 16.6. The van der Waals surface area contributed by atoms with E-state index in [1.807, 2.05) is 39.8 Å². The van der Waals surface area contributed by atoms with E-state index in [1.54, 1.807) is 4.90 Å². The van der Waals surface area contributed by atoms with E-state index in [0.717, 1.165) is 29.4 Å². The average Bonchev–Trinajstić information content (AvgIpc) is 2.37. The first-order valence-corrected chi connectivity index (χ1v) is 6.86. The summed E-state index contributed by atoms with van der Waals surface area (Å²) in [5, 5.41) is 0. The number of hydrogen-bond acceptors (Lipinski definition) is 3. The van der Waals surface area contributed by atoms with Gasteiger partial charge in [0.15, 0.2) is 0 Å². The van der Waals surface area contributed by atoms with Gasteiger partial charge in [0.05, 0.1) is 0 Å². The zero-order chi connectivity index (χ0) is 14.9. The van der Waals surface area contributed by atoms with Crippen LogP contribution in [0.15, 0.2) is 12.1 Å². The number of rotatable bonds is 1. The summed E-state index contributed by atoms with van der Waals surface area (Å²) in [5.74, 6) is 0. The molecular weight excluding hydrogens is 254 g/mol. The van der Waals surface area contributed by atoms with Crippen molar-refractivity contribution in [3.8, 4) is 0 Å². The Hall–Kier alpha value is -1.84. The fourth-order valence-corrected chi connectivity index (χ4v) is 2.47. The smallest absolute Gasteiger partial charge is 0.410 e. The Morgan fingerprint density at radius 3 is 2.65 bits per heavy atom. The van der Waals surface area contributed by atoms with Crippen molar-refractivity contribution in [2.24, 2.45) is 0 Å². The standard InChI is InChI=1S/C16H21NO3/c1-11-13(10-18)6-5-12-9-17(8-7-14(11)12)15(19)20-16(2,3)4/h5-6,10H,7-9H2,1-4H3. The van der Waals surface area contributed by atoms with Crippen LogP contribution in [0.4, 0.5) is 4.79 Å². The number of fused-ring (bicyclic) bond motifs is 1. The largest absolute Gasteiger partial charge is 0.444 e. The molecule has 0 aliphatic carbocycles. The summed E-state index contributed by atoms with van der Waals surface area (Å²) in [6.45, 7) is 8.73. The monoisotopic (exact) mass is 275 g/mol.